The SMILES string of the molecule is CC(=O)c1ccc(Sc2nc(C)c(C)o2)c(F)c1. The fourth-order valence-corrected chi connectivity index (χ4v) is 2.21. The fourth-order valence-electron chi connectivity index (χ4n) is 1.38. The van der Waals surface area contributed by atoms with E-state index in [2.05, 4.69) is 4.98 Å². The van der Waals surface area contributed by atoms with Gasteiger partial charge in [-0.25, -0.2) is 9.37 Å². The van der Waals surface area contributed by atoms with Gasteiger partial charge in [-0.1, -0.05) is 6.07 Å². The van der Waals surface area contributed by atoms with E-state index in [1.165, 1.54) is 13.0 Å². The molecule has 0 N–H and O–H groups in total. The average molecular weight is 265 g/mol. The standard InChI is InChI=1S/C13H12FNO2S/c1-7-9(3)17-13(15-7)18-12-5-4-10(8(2)16)6-11(12)14/h4-6H,1-3H3. The van der Waals surface area contributed by atoms with Gasteiger partial charge in [0.05, 0.1) is 10.6 Å². The molecule has 0 spiro atoms. The molecule has 2 rings (SSSR count). The minimum absolute atomic E-state index is 0.159. The zero-order valence-corrected chi connectivity index (χ0v) is 11.1. The van der Waals surface area contributed by atoms with Crippen LogP contribution in [0.15, 0.2) is 32.7 Å². The molecule has 0 unspecified atom stereocenters. The van der Waals surface area contributed by atoms with Crippen LogP contribution in [-0.4, -0.2) is 10.8 Å². The predicted octanol–water partition coefficient (Wildman–Crippen LogP) is 3.78. The van der Waals surface area contributed by atoms with Crippen molar-refractivity contribution in [3.05, 3.63) is 41.0 Å². The molecule has 1 aromatic carbocycles. The Bertz CT molecular complexity index is 588. The summed E-state index contributed by atoms with van der Waals surface area (Å²) in [7, 11) is 0. The maximum atomic E-state index is 13.8. The summed E-state index contributed by atoms with van der Waals surface area (Å²) in [5, 5.41) is 0.402. The maximum Gasteiger partial charge on any atom is 0.261 e. The van der Waals surface area contributed by atoms with E-state index >= 15 is 0 Å². The number of benzene rings is 1. The Hall–Kier alpha value is -1.62. The molecule has 0 aliphatic carbocycles. The van der Waals surface area contributed by atoms with Gasteiger partial charge in [0, 0.05) is 5.56 Å². The summed E-state index contributed by atoms with van der Waals surface area (Å²) in [6.07, 6.45) is 0. The molecular weight excluding hydrogens is 253 g/mol. The summed E-state index contributed by atoms with van der Waals surface area (Å²) in [5.74, 6) is 0.118. The molecule has 0 bridgehead atoms. The van der Waals surface area contributed by atoms with E-state index in [0.717, 1.165) is 23.2 Å². The van der Waals surface area contributed by atoms with Crippen LogP contribution < -0.4 is 0 Å². The number of rotatable bonds is 3. The molecule has 5 heteroatoms. The van der Waals surface area contributed by atoms with Gasteiger partial charge in [0.15, 0.2) is 5.78 Å². The normalized spacial score (nSPS) is 10.7. The highest BCUT2D eigenvalue weighted by molar-refractivity contribution is 7.99. The Labute approximate surface area is 108 Å². The first-order valence-corrected chi connectivity index (χ1v) is 6.21. The van der Waals surface area contributed by atoms with Crippen LogP contribution in [0.25, 0.3) is 0 Å². The van der Waals surface area contributed by atoms with Crippen molar-refractivity contribution in [2.24, 2.45) is 0 Å². The molecule has 0 radical (unpaired) electrons. The van der Waals surface area contributed by atoms with E-state index in [-0.39, 0.29) is 5.78 Å². The Morgan fingerprint density at radius 3 is 2.61 bits per heavy atom. The van der Waals surface area contributed by atoms with Crippen LogP contribution in [0.2, 0.25) is 0 Å². The first kappa shape index (κ1) is 12.8. The van der Waals surface area contributed by atoms with Crippen molar-refractivity contribution >= 4 is 17.5 Å². The molecular formula is C13H12FNO2S. The lowest BCUT2D eigenvalue weighted by atomic mass is 10.1. The van der Waals surface area contributed by atoms with E-state index in [1.807, 2.05) is 13.8 Å². The molecule has 2 aromatic rings. The monoisotopic (exact) mass is 265 g/mol. The predicted molar refractivity (Wildman–Crippen MR) is 66.5 cm³/mol. The van der Waals surface area contributed by atoms with Gasteiger partial charge in [0.25, 0.3) is 5.22 Å². The van der Waals surface area contributed by atoms with E-state index in [4.69, 9.17) is 4.42 Å². The molecule has 1 heterocycles. The van der Waals surface area contributed by atoms with Gasteiger partial charge in [-0.15, -0.1) is 0 Å². The third kappa shape index (κ3) is 2.61. The average Bonchev–Trinajstić information content (AvgIpc) is 2.61. The minimum Gasteiger partial charge on any atom is -0.436 e. The number of ketones is 1. The highest BCUT2D eigenvalue weighted by atomic mass is 32.2. The van der Waals surface area contributed by atoms with Crippen LogP contribution in [-0.2, 0) is 0 Å². The third-order valence-corrected chi connectivity index (χ3v) is 3.44. The van der Waals surface area contributed by atoms with E-state index in [9.17, 15) is 9.18 Å². The smallest absolute Gasteiger partial charge is 0.261 e. The first-order chi connectivity index (χ1) is 8.47. The molecule has 18 heavy (non-hydrogen) atoms. The number of hydrogen-bond donors (Lipinski definition) is 0. The summed E-state index contributed by atoms with van der Waals surface area (Å²) >= 11 is 1.11. The zero-order valence-electron chi connectivity index (χ0n) is 10.3. The number of hydrogen-bond acceptors (Lipinski definition) is 4. The second kappa shape index (κ2) is 4.94. The number of carbonyl (C=O) groups is 1. The van der Waals surface area contributed by atoms with Gasteiger partial charge in [-0.3, -0.25) is 4.79 Å². The fraction of sp³-hybridized carbons (Fsp3) is 0.231. The molecule has 0 fully saturated rings. The van der Waals surface area contributed by atoms with Crippen LogP contribution in [0.1, 0.15) is 28.7 Å². The lowest BCUT2D eigenvalue weighted by Gasteiger charge is -2.01. The van der Waals surface area contributed by atoms with Gasteiger partial charge >= 0.3 is 0 Å². The molecule has 0 saturated heterocycles. The molecule has 0 saturated carbocycles. The second-order valence-electron chi connectivity index (χ2n) is 3.92. The number of carbonyl (C=O) groups excluding carboxylic acids is 1. The topological polar surface area (TPSA) is 43.1 Å². The van der Waals surface area contributed by atoms with E-state index < -0.39 is 5.82 Å². The zero-order chi connectivity index (χ0) is 13.3. The number of aromatic nitrogens is 1. The Kier molecular flexibility index (Phi) is 3.52. The molecule has 3 nitrogen and oxygen atoms in total. The Morgan fingerprint density at radius 2 is 2.11 bits per heavy atom. The van der Waals surface area contributed by atoms with Gasteiger partial charge in [-0.05, 0) is 44.7 Å². The minimum atomic E-state index is -0.443. The van der Waals surface area contributed by atoms with Crippen molar-refractivity contribution in [1.82, 2.24) is 4.98 Å². The molecule has 94 valence electrons. The van der Waals surface area contributed by atoms with Crippen LogP contribution >= 0.6 is 11.8 Å². The Balaban J connectivity index is 2.27. The van der Waals surface area contributed by atoms with Crippen molar-refractivity contribution in [2.75, 3.05) is 0 Å². The number of nitrogens with zero attached hydrogens (tertiary/aromatic N) is 1. The van der Waals surface area contributed by atoms with Crippen molar-refractivity contribution in [3.63, 3.8) is 0 Å². The van der Waals surface area contributed by atoms with Crippen molar-refractivity contribution in [1.29, 1.82) is 0 Å². The van der Waals surface area contributed by atoms with Crippen LogP contribution in [0.4, 0.5) is 4.39 Å². The molecule has 0 atom stereocenters. The van der Waals surface area contributed by atoms with Crippen LogP contribution in [0.5, 0.6) is 0 Å². The summed E-state index contributed by atoms with van der Waals surface area (Å²) in [5.41, 5.74) is 1.15. The lowest BCUT2D eigenvalue weighted by molar-refractivity contribution is 0.101. The van der Waals surface area contributed by atoms with E-state index in [0.29, 0.717) is 15.7 Å². The highest BCUT2D eigenvalue weighted by Crippen LogP contribution is 2.30. The first-order valence-electron chi connectivity index (χ1n) is 5.39. The second-order valence-corrected chi connectivity index (χ2v) is 4.92. The van der Waals surface area contributed by atoms with Gasteiger partial charge < -0.3 is 4.42 Å². The molecule has 0 aliphatic rings. The highest BCUT2D eigenvalue weighted by Gasteiger charge is 2.12. The maximum absolute atomic E-state index is 13.8. The van der Waals surface area contributed by atoms with Crippen molar-refractivity contribution < 1.29 is 13.6 Å². The van der Waals surface area contributed by atoms with Crippen molar-refractivity contribution in [2.45, 2.75) is 30.9 Å². The molecule has 0 aliphatic heterocycles. The van der Waals surface area contributed by atoms with Gasteiger partial charge in [-0.2, -0.15) is 0 Å². The number of aryl methyl sites for hydroxylation is 2. The quantitative estimate of drug-likeness (QED) is 0.792. The largest absolute Gasteiger partial charge is 0.436 e. The summed E-state index contributed by atoms with van der Waals surface area (Å²) in [4.78, 5) is 15.7. The summed E-state index contributed by atoms with van der Waals surface area (Å²) < 4.78 is 19.1. The molecule has 1 aromatic heterocycles. The van der Waals surface area contributed by atoms with E-state index in [1.54, 1.807) is 12.1 Å². The van der Waals surface area contributed by atoms with Crippen molar-refractivity contribution in [3.8, 4) is 0 Å². The number of Topliss-reactive ketones (excluding diaryl/α,β-unsaturated/α-hetero) is 1. The van der Waals surface area contributed by atoms with Crippen LogP contribution in [0, 0.1) is 19.7 Å². The number of oxazole rings is 1. The third-order valence-electron chi connectivity index (χ3n) is 2.54. The van der Waals surface area contributed by atoms with Crippen LogP contribution in [0.3, 0.4) is 0 Å². The number of halogens is 1. The molecule has 0 amide bonds. The Morgan fingerprint density at radius 1 is 1.39 bits per heavy atom. The summed E-state index contributed by atoms with van der Waals surface area (Å²) in [6.45, 7) is 5.04. The summed E-state index contributed by atoms with van der Waals surface area (Å²) in [6, 6.07) is 4.38. The lowest BCUT2D eigenvalue weighted by Crippen LogP contribution is -1.93. The van der Waals surface area contributed by atoms with Gasteiger partial charge in [0.2, 0.25) is 0 Å². The van der Waals surface area contributed by atoms with Gasteiger partial charge in [0.1, 0.15) is 11.6 Å².